The molecule has 0 radical (unpaired) electrons. The smallest absolute Gasteiger partial charge is 0.184 e. The molecule has 1 aliphatic rings. The van der Waals surface area contributed by atoms with E-state index in [1.54, 1.807) is 11.3 Å². The van der Waals surface area contributed by atoms with Crippen LogP contribution in [-0.2, 0) is 0 Å². The Bertz CT molecular complexity index is 577. The van der Waals surface area contributed by atoms with Crippen LogP contribution in [0.5, 0.6) is 11.5 Å². The minimum atomic E-state index is 0.556. The zero-order chi connectivity index (χ0) is 15.4. The Morgan fingerprint density at radius 3 is 2.50 bits per heavy atom. The van der Waals surface area contributed by atoms with Gasteiger partial charge in [-0.2, -0.15) is 0 Å². The zero-order valence-electron chi connectivity index (χ0n) is 13.4. The van der Waals surface area contributed by atoms with Gasteiger partial charge >= 0.3 is 0 Å². The van der Waals surface area contributed by atoms with Crippen LogP contribution in [0.15, 0.2) is 12.1 Å². The van der Waals surface area contributed by atoms with E-state index in [2.05, 4.69) is 5.32 Å². The number of fused-ring (bicyclic) bond motifs is 1. The first-order valence-corrected chi connectivity index (χ1v) is 9.09. The average Bonchev–Trinajstić information content (AvgIpc) is 2.95. The van der Waals surface area contributed by atoms with Gasteiger partial charge in [0.05, 0.1) is 13.2 Å². The van der Waals surface area contributed by atoms with E-state index >= 15 is 0 Å². The van der Waals surface area contributed by atoms with Crippen molar-refractivity contribution in [2.45, 2.75) is 52.0 Å². The minimum absolute atomic E-state index is 0.556. The molecule has 1 N–H and O–H groups in total. The topological polar surface area (TPSA) is 43.4 Å². The fourth-order valence-corrected chi connectivity index (χ4v) is 4.01. The Labute approximate surface area is 135 Å². The standard InChI is InChI=1S/C17H24N2O2S/c1-3-20-13-10-11-14(21-4-2)16-15(13)19-17(22-16)18-12-8-6-5-7-9-12/h10-12H,3-9H2,1-2H3,(H,18,19). The van der Waals surface area contributed by atoms with E-state index in [-0.39, 0.29) is 0 Å². The average molecular weight is 320 g/mol. The number of rotatable bonds is 6. The van der Waals surface area contributed by atoms with Gasteiger partial charge in [0.1, 0.15) is 21.7 Å². The van der Waals surface area contributed by atoms with Gasteiger partial charge in [-0.3, -0.25) is 0 Å². The van der Waals surface area contributed by atoms with Crippen molar-refractivity contribution in [3.05, 3.63) is 12.1 Å². The molecule has 5 heteroatoms. The van der Waals surface area contributed by atoms with Crippen molar-refractivity contribution in [1.82, 2.24) is 4.98 Å². The molecular formula is C17H24N2O2S. The zero-order valence-corrected chi connectivity index (χ0v) is 14.2. The lowest BCUT2D eigenvalue weighted by molar-refractivity contribution is 0.336. The maximum atomic E-state index is 5.74. The molecule has 1 aliphatic carbocycles. The van der Waals surface area contributed by atoms with E-state index in [9.17, 15) is 0 Å². The normalized spacial score (nSPS) is 15.9. The van der Waals surface area contributed by atoms with Crippen molar-refractivity contribution in [2.24, 2.45) is 0 Å². The van der Waals surface area contributed by atoms with Gasteiger partial charge in [-0.25, -0.2) is 4.98 Å². The maximum Gasteiger partial charge on any atom is 0.184 e. The molecule has 3 rings (SSSR count). The number of nitrogens with one attached hydrogen (secondary N) is 1. The monoisotopic (exact) mass is 320 g/mol. The third-order valence-corrected chi connectivity index (χ3v) is 5.00. The number of hydrogen-bond donors (Lipinski definition) is 1. The molecule has 1 heterocycles. The van der Waals surface area contributed by atoms with Gasteiger partial charge in [0.15, 0.2) is 5.13 Å². The van der Waals surface area contributed by atoms with Crippen LogP contribution in [0.4, 0.5) is 5.13 Å². The highest BCUT2D eigenvalue weighted by molar-refractivity contribution is 7.22. The molecular weight excluding hydrogens is 296 g/mol. The van der Waals surface area contributed by atoms with E-state index in [0.29, 0.717) is 19.3 Å². The van der Waals surface area contributed by atoms with Gasteiger partial charge < -0.3 is 14.8 Å². The number of anilines is 1. The fraction of sp³-hybridized carbons (Fsp3) is 0.588. The molecule has 0 atom stereocenters. The van der Waals surface area contributed by atoms with Crippen LogP contribution in [0.3, 0.4) is 0 Å². The van der Waals surface area contributed by atoms with Gasteiger partial charge in [-0.15, -0.1) is 0 Å². The van der Waals surface area contributed by atoms with E-state index in [4.69, 9.17) is 14.5 Å². The molecule has 1 aromatic heterocycles. The number of aromatic nitrogens is 1. The second kappa shape index (κ2) is 7.18. The summed E-state index contributed by atoms with van der Waals surface area (Å²) in [5, 5.41) is 4.59. The summed E-state index contributed by atoms with van der Waals surface area (Å²) < 4.78 is 12.5. The summed E-state index contributed by atoms with van der Waals surface area (Å²) in [5.41, 5.74) is 0.913. The maximum absolute atomic E-state index is 5.74. The van der Waals surface area contributed by atoms with Crippen LogP contribution in [0.1, 0.15) is 46.0 Å². The van der Waals surface area contributed by atoms with Crippen LogP contribution >= 0.6 is 11.3 Å². The highest BCUT2D eigenvalue weighted by atomic mass is 32.1. The second-order valence-corrected chi connectivity index (χ2v) is 6.60. The van der Waals surface area contributed by atoms with Crippen molar-refractivity contribution in [3.63, 3.8) is 0 Å². The van der Waals surface area contributed by atoms with Crippen molar-refractivity contribution in [1.29, 1.82) is 0 Å². The van der Waals surface area contributed by atoms with Gasteiger partial charge in [0.25, 0.3) is 0 Å². The van der Waals surface area contributed by atoms with Gasteiger partial charge in [0.2, 0.25) is 0 Å². The molecule has 4 nitrogen and oxygen atoms in total. The van der Waals surface area contributed by atoms with E-state index in [1.807, 2.05) is 26.0 Å². The number of hydrogen-bond acceptors (Lipinski definition) is 5. The third kappa shape index (κ3) is 3.29. The van der Waals surface area contributed by atoms with Crippen LogP contribution in [0, 0.1) is 0 Å². The number of benzene rings is 1. The summed E-state index contributed by atoms with van der Waals surface area (Å²) >= 11 is 1.67. The molecule has 1 saturated carbocycles. The molecule has 0 amide bonds. The summed E-state index contributed by atoms with van der Waals surface area (Å²) in [6.45, 7) is 5.30. The summed E-state index contributed by atoms with van der Waals surface area (Å²) in [4.78, 5) is 4.77. The lowest BCUT2D eigenvalue weighted by atomic mass is 9.96. The van der Waals surface area contributed by atoms with E-state index < -0.39 is 0 Å². The number of thiazole rings is 1. The Balaban J connectivity index is 1.90. The van der Waals surface area contributed by atoms with Crippen LogP contribution in [0.2, 0.25) is 0 Å². The largest absolute Gasteiger partial charge is 0.492 e. The minimum Gasteiger partial charge on any atom is -0.492 e. The quantitative estimate of drug-likeness (QED) is 0.827. The molecule has 0 spiro atoms. The molecule has 0 saturated heterocycles. The van der Waals surface area contributed by atoms with Crippen molar-refractivity contribution >= 4 is 26.7 Å². The Morgan fingerprint density at radius 2 is 1.77 bits per heavy atom. The third-order valence-electron chi connectivity index (χ3n) is 4.00. The molecule has 22 heavy (non-hydrogen) atoms. The second-order valence-electron chi connectivity index (χ2n) is 5.60. The first-order valence-electron chi connectivity index (χ1n) is 8.27. The Kier molecular flexibility index (Phi) is 5.03. The first-order chi connectivity index (χ1) is 10.8. The number of nitrogens with zero attached hydrogens (tertiary/aromatic N) is 1. The highest BCUT2D eigenvalue weighted by Gasteiger charge is 2.18. The van der Waals surface area contributed by atoms with Crippen molar-refractivity contribution < 1.29 is 9.47 Å². The summed E-state index contributed by atoms with van der Waals surface area (Å²) in [6.07, 6.45) is 6.48. The summed E-state index contributed by atoms with van der Waals surface area (Å²) in [6, 6.07) is 4.50. The molecule has 120 valence electrons. The molecule has 0 bridgehead atoms. The van der Waals surface area contributed by atoms with E-state index in [1.165, 1.54) is 32.1 Å². The highest BCUT2D eigenvalue weighted by Crippen LogP contribution is 2.39. The van der Waals surface area contributed by atoms with Crippen LogP contribution in [-0.4, -0.2) is 24.2 Å². The number of ether oxygens (including phenoxy) is 2. The lowest BCUT2D eigenvalue weighted by Gasteiger charge is -2.22. The molecule has 0 aliphatic heterocycles. The van der Waals surface area contributed by atoms with Crippen molar-refractivity contribution in [3.8, 4) is 11.5 Å². The predicted octanol–water partition coefficient (Wildman–Crippen LogP) is 4.84. The van der Waals surface area contributed by atoms with E-state index in [0.717, 1.165) is 26.8 Å². The SMILES string of the molecule is CCOc1ccc(OCC)c2sc(NC3CCCCC3)nc12. The van der Waals surface area contributed by atoms with Crippen LogP contribution in [0.25, 0.3) is 10.2 Å². The molecule has 0 unspecified atom stereocenters. The summed E-state index contributed by atoms with van der Waals surface area (Å²) in [5.74, 6) is 1.74. The molecule has 1 fully saturated rings. The molecule has 2 aromatic rings. The first kappa shape index (κ1) is 15.4. The van der Waals surface area contributed by atoms with Gasteiger partial charge in [-0.1, -0.05) is 30.6 Å². The predicted molar refractivity (Wildman–Crippen MR) is 92.5 cm³/mol. The summed E-state index contributed by atoms with van der Waals surface area (Å²) in [7, 11) is 0. The Morgan fingerprint density at radius 1 is 1.09 bits per heavy atom. The Hall–Kier alpha value is -1.49. The van der Waals surface area contributed by atoms with Crippen LogP contribution < -0.4 is 14.8 Å². The fourth-order valence-electron chi connectivity index (χ4n) is 2.98. The van der Waals surface area contributed by atoms with Gasteiger partial charge in [-0.05, 0) is 38.8 Å². The van der Waals surface area contributed by atoms with Gasteiger partial charge in [0, 0.05) is 6.04 Å². The van der Waals surface area contributed by atoms with Crippen molar-refractivity contribution in [2.75, 3.05) is 18.5 Å². The molecule has 1 aromatic carbocycles. The lowest BCUT2D eigenvalue weighted by Crippen LogP contribution is -2.21.